The third-order valence-corrected chi connectivity index (χ3v) is 5.63. The maximum absolute atomic E-state index is 12.1. The summed E-state index contributed by atoms with van der Waals surface area (Å²) in [5.41, 5.74) is 1.82. The second-order valence-electron chi connectivity index (χ2n) is 5.80. The van der Waals surface area contributed by atoms with Crippen molar-refractivity contribution in [2.75, 3.05) is 26.1 Å². The van der Waals surface area contributed by atoms with Crippen molar-refractivity contribution in [1.29, 1.82) is 0 Å². The van der Waals surface area contributed by atoms with Gasteiger partial charge in [0.05, 0.1) is 17.6 Å². The molecule has 2 aromatic carbocycles. The minimum Gasteiger partial charge on any atom is -0.452 e. The Labute approximate surface area is 164 Å². The van der Waals surface area contributed by atoms with Gasteiger partial charge in [0.15, 0.2) is 6.61 Å². The smallest absolute Gasteiger partial charge is 0.338 e. The molecule has 9 heteroatoms. The lowest BCUT2D eigenvalue weighted by Crippen LogP contribution is -2.25. The largest absolute Gasteiger partial charge is 0.452 e. The molecule has 8 nitrogen and oxygen atoms in total. The molecule has 0 spiro atoms. The Morgan fingerprint density at radius 2 is 1.79 bits per heavy atom. The van der Waals surface area contributed by atoms with Crippen molar-refractivity contribution in [2.45, 2.75) is 18.2 Å². The third kappa shape index (κ3) is 5.38. The number of sulfonamides is 1. The molecule has 1 amide bonds. The molecular weight excluding hydrogens is 384 g/mol. The van der Waals surface area contributed by atoms with Crippen LogP contribution in [0.2, 0.25) is 0 Å². The number of benzene rings is 2. The van der Waals surface area contributed by atoms with Crippen molar-refractivity contribution in [1.82, 2.24) is 4.47 Å². The van der Waals surface area contributed by atoms with Gasteiger partial charge in [-0.25, -0.2) is 13.2 Å². The summed E-state index contributed by atoms with van der Waals surface area (Å²) in [5, 5.41) is 2.66. The number of hydrogen-bond donors (Lipinski definition) is 1. The molecule has 0 aliphatic heterocycles. The van der Waals surface area contributed by atoms with E-state index in [-0.39, 0.29) is 10.5 Å². The maximum atomic E-state index is 12.1. The van der Waals surface area contributed by atoms with Crippen molar-refractivity contribution in [3.05, 3.63) is 59.7 Å². The number of amides is 1. The van der Waals surface area contributed by atoms with Crippen LogP contribution in [-0.2, 0) is 30.8 Å². The number of carbonyl (C=O) groups is 2. The predicted octanol–water partition coefficient (Wildman–Crippen LogP) is 2.23. The normalized spacial score (nSPS) is 11.3. The summed E-state index contributed by atoms with van der Waals surface area (Å²) < 4.78 is 29.9. The third-order valence-electron chi connectivity index (χ3n) is 3.94. The molecule has 2 aromatic rings. The molecule has 0 aliphatic carbocycles. The number of esters is 1. The van der Waals surface area contributed by atoms with E-state index in [1.54, 1.807) is 6.07 Å². The molecule has 28 heavy (non-hydrogen) atoms. The fourth-order valence-corrected chi connectivity index (χ4v) is 3.26. The molecule has 0 aromatic heterocycles. The second kappa shape index (κ2) is 9.45. The van der Waals surface area contributed by atoms with Crippen LogP contribution < -0.4 is 5.32 Å². The van der Waals surface area contributed by atoms with E-state index in [4.69, 9.17) is 4.74 Å². The van der Waals surface area contributed by atoms with Crippen LogP contribution in [-0.4, -0.2) is 45.5 Å². The molecule has 0 atom stereocenters. The van der Waals surface area contributed by atoms with E-state index in [2.05, 4.69) is 10.2 Å². The number of nitrogens with zero attached hydrogens (tertiary/aromatic N) is 1. The first-order valence-electron chi connectivity index (χ1n) is 8.47. The summed E-state index contributed by atoms with van der Waals surface area (Å²) in [7, 11) is -1.32. The molecular formula is C19H22N2O6S. The molecule has 0 radical (unpaired) electrons. The van der Waals surface area contributed by atoms with Crippen LogP contribution >= 0.6 is 0 Å². The van der Waals surface area contributed by atoms with E-state index in [0.717, 1.165) is 12.0 Å². The Hall–Kier alpha value is -2.75. The fourth-order valence-electron chi connectivity index (χ4n) is 2.29. The van der Waals surface area contributed by atoms with Crippen LogP contribution in [0.1, 0.15) is 22.8 Å². The minimum absolute atomic E-state index is 0.0399. The summed E-state index contributed by atoms with van der Waals surface area (Å²) in [6, 6.07) is 12.5. The van der Waals surface area contributed by atoms with Crippen LogP contribution in [0, 0.1) is 0 Å². The Kier molecular flexibility index (Phi) is 7.27. The number of hydroxylamine groups is 1. The summed E-state index contributed by atoms with van der Waals surface area (Å²) in [4.78, 5) is 28.7. The van der Waals surface area contributed by atoms with E-state index in [0.29, 0.717) is 10.2 Å². The highest BCUT2D eigenvalue weighted by molar-refractivity contribution is 7.89. The van der Waals surface area contributed by atoms with Crippen LogP contribution in [0.5, 0.6) is 0 Å². The quantitative estimate of drug-likeness (QED) is 0.533. The fraction of sp³-hybridized carbons (Fsp3) is 0.263. The van der Waals surface area contributed by atoms with Crippen molar-refractivity contribution in [3.8, 4) is 0 Å². The van der Waals surface area contributed by atoms with Crippen LogP contribution in [0.15, 0.2) is 53.4 Å². The lowest BCUT2D eigenvalue weighted by Gasteiger charge is -2.14. The number of nitrogens with one attached hydrogen (secondary N) is 1. The van der Waals surface area contributed by atoms with Gasteiger partial charge in [-0.15, -0.1) is 0 Å². The van der Waals surface area contributed by atoms with Crippen LogP contribution in [0.4, 0.5) is 5.69 Å². The van der Waals surface area contributed by atoms with E-state index >= 15 is 0 Å². The average Bonchev–Trinajstić information content (AvgIpc) is 2.71. The van der Waals surface area contributed by atoms with Crippen molar-refractivity contribution in [2.24, 2.45) is 0 Å². The first-order chi connectivity index (χ1) is 13.3. The highest BCUT2D eigenvalue weighted by atomic mass is 32.2. The molecule has 150 valence electrons. The van der Waals surface area contributed by atoms with Gasteiger partial charge in [-0.1, -0.05) is 23.5 Å². The number of carbonyl (C=O) groups excluding carboxylic acids is 2. The molecule has 2 rings (SSSR count). The van der Waals surface area contributed by atoms with Gasteiger partial charge < -0.3 is 10.1 Å². The van der Waals surface area contributed by atoms with Gasteiger partial charge in [-0.05, 0) is 48.4 Å². The maximum Gasteiger partial charge on any atom is 0.338 e. The molecule has 0 aliphatic rings. The molecule has 0 fully saturated rings. The zero-order valence-corrected chi connectivity index (χ0v) is 16.7. The first-order valence-corrected chi connectivity index (χ1v) is 9.91. The van der Waals surface area contributed by atoms with Crippen molar-refractivity contribution in [3.63, 3.8) is 0 Å². The summed E-state index contributed by atoms with van der Waals surface area (Å²) in [6.45, 7) is 1.55. The lowest BCUT2D eigenvalue weighted by molar-refractivity contribution is -0.119. The minimum atomic E-state index is -3.80. The standard InChI is InChI=1S/C19H22N2O6S/c1-4-14-6-5-7-16(12-14)20-18(22)13-27-19(23)15-8-10-17(11-9-15)28(24,25)21(2)26-3/h5-12H,4,13H2,1-3H3,(H,20,22). The van der Waals surface area contributed by atoms with Crippen LogP contribution in [0.3, 0.4) is 0 Å². The van der Waals surface area contributed by atoms with Gasteiger partial charge in [0.2, 0.25) is 0 Å². The molecule has 1 N–H and O–H groups in total. The molecule has 0 saturated carbocycles. The summed E-state index contributed by atoms with van der Waals surface area (Å²) in [5.74, 6) is -1.20. The van der Waals surface area contributed by atoms with E-state index < -0.39 is 28.5 Å². The number of hydrogen-bond acceptors (Lipinski definition) is 6. The lowest BCUT2D eigenvalue weighted by atomic mass is 10.1. The highest BCUT2D eigenvalue weighted by Crippen LogP contribution is 2.16. The van der Waals surface area contributed by atoms with Gasteiger partial charge in [-0.2, -0.15) is 0 Å². The zero-order valence-electron chi connectivity index (χ0n) is 15.8. The number of aryl methyl sites for hydroxylation is 1. The number of rotatable bonds is 8. The van der Waals surface area contributed by atoms with Crippen molar-refractivity contribution < 1.29 is 27.6 Å². The Balaban J connectivity index is 1.95. The van der Waals surface area contributed by atoms with Crippen LogP contribution in [0.25, 0.3) is 0 Å². The molecule has 0 saturated heterocycles. The Bertz CT molecular complexity index is 941. The molecule has 0 bridgehead atoms. The molecule has 0 unspecified atom stereocenters. The topological polar surface area (TPSA) is 102 Å². The van der Waals surface area contributed by atoms with E-state index in [9.17, 15) is 18.0 Å². The summed E-state index contributed by atoms with van der Waals surface area (Å²) >= 11 is 0. The Morgan fingerprint density at radius 3 is 2.39 bits per heavy atom. The SMILES string of the molecule is CCc1cccc(NC(=O)COC(=O)c2ccc(S(=O)(=O)N(C)OC)cc2)c1. The first kappa shape index (κ1) is 21.5. The Morgan fingerprint density at radius 1 is 1.11 bits per heavy atom. The van der Waals surface area contributed by atoms with Gasteiger partial charge >= 0.3 is 5.97 Å². The monoisotopic (exact) mass is 406 g/mol. The van der Waals surface area contributed by atoms with Gasteiger partial charge in [0.25, 0.3) is 15.9 Å². The average molecular weight is 406 g/mol. The number of anilines is 1. The van der Waals surface area contributed by atoms with E-state index in [1.165, 1.54) is 38.4 Å². The van der Waals surface area contributed by atoms with Gasteiger partial charge in [-0.3, -0.25) is 9.63 Å². The predicted molar refractivity (Wildman–Crippen MR) is 103 cm³/mol. The van der Waals surface area contributed by atoms with Gasteiger partial charge in [0, 0.05) is 12.7 Å². The van der Waals surface area contributed by atoms with E-state index in [1.807, 2.05) is 25.1 Å². The number of ether oxygens (including phenoxy) is 1. The molecule has 0 heterocycles. The second-order valence-corrected chi connectivity index (χ2v) is 7.74. The van der Waals surface area contributed by atoms with Gasteiger partial charge in [0.1, 0.15) is 0 Å². The highest BCUT2D eigenvalue weighted by Gasteiger charge is 2.21. The zero-order chi connectivity index (χ0) is 20.7. The summed E-state index contributed by atoms with van der Waals surface area (Å²) in [6.07, 6.45) is 0.838. The van der Waals surface area contributed by atoms with Crippen molar-refractivity contribution >= 4 is 27.6 Å².